The van der Waals surface area contributed by atoms with Gasteiger partial charge in [-0.3, -0.25) is 14.5 Å². The molecule has 1 aromatic rings. The van der Waals surface area contributed by atoms with Crippen molar-refractivity contribution in [1.82, 2.24) is 4.98 Å². The molecule has 0 aromatic carbocycles. The van der Waals surface area contributed by atoms with Gasteiger partial charge in [0, 0.05) is 25.1 Å². The van der Waals surface area contributed by atoms with Crippen molar-refractivity contribution in [3.05, 3.63) is 36.0 Å². The molecule has 2 rings (SSSR count). The summed E-state index contributed by atoms with van der Waals surface area (Å²) in [4.78, 5) is 29.0. The number of carbonyl (C=O) groups is 2. The molecule has 0 saturated heterocycles. The van der Waals surface area contributed by atoms with Crippen molar-refractivity contribution in [1.29, 1.82) is 0 Å². The quantitative estimate of drug-likeness (QED) is 0.747. The topological polar surface area (TPSA) is 90.7 Å². The summed E-state index contributed by atoms with van der Waals surface area (Å²) in [5.41, 5.74) is 1.75. The lowest BCUT2D eigenvalue weighted by Gasteiger charge is -2.30. The molecule has 6 heteroatoms. The fourth-order valence-electron chi connectivity index (χ4n) is 2.69. The number of fused-ring (bicyclic) bond motifs is 1. The molecular formula is C17H22N2O4. The first-order valence-electron chi connectivity index (χ1n) is 7.84. The molecule has 0 bridgehead atoms. The predicted molar refractivity (Wildman–Crippen MR) is 86.3 cm³/mol. The lowest BCUT2D eigenvalue weighted by molar-refractivity contribution is -0.137. The number of aliphatic carboxylic acids is 1. The summed E-state index contributed by atoms with van der Waals surface area (Å²) in [5, 5.41) is 18.6. The summed E-state index contributed by atoms with van der Waals surface area (Å²) in [5.74, 6) is -0.592. The highest BCUT2D eigenvalue weighted by molar-refractivity contribution is 5.96. The molecule has 0 aliphatic carbocycles. The molecule has 0 spiro atoms. The number of carboxylic acids is 1. The maximum absolute atomic E-state index is 12.4. The van der Waals surface area contributed by atoms with Crippen LogP contribution < -0.4 is 4.90 Å². The van der Waals surface area contributed by atoms with Crippen molar-refractivity contribution in [3.8, 4) is 0 Å². The number of pyridine rings is 1. The Morgan fingerprint density at radius 2 is 2.22 bits per heavy atom. The number of aliphatic hydroxyl groups excluding tert-OH is 1. The Hall–Kier alpha value is -2.21. The Balaban J connectivity index is 2.16. The predicted octanol–water partition coefficient (Wildman–Crippen LogP) is 1.71. The van der Waals surface area contributed by atoms with Gasteiger partial charge in [-0.2, -0.15) is 0 Å². The summed E-state index contributed by atoms with van der Waals surface area (Å²) < 4.78 is 0. The second-order valence-corrected chi connectivity index (χ2v) is 5.67. The highest BCUT2D eigenvalue weighted by atomic mass is 16.4. The van der Waals surface area contributed by atoms with Crippen molar-refractivity contribution in [3.63, 3.8) is 0 Å². The number of nitrogens with zero attached hydrogens (tertiary/aromatic N) is 2. The van der Waals surface area contributed by atoms with Crippen LogP contribution in [0.5, 0.6) is 0 Å². The number of hydrogen-bond donors (Lipinski definition) is 2. The Kier molecular flexibility index (Phi) is 5.87. The number of anilines is 1. The van der Waals surface area contributed by atoms with Crippen molar-refractivity contribution in [2.45, 2.75) is 44.6 Å². The van der Waals surface area contributed by atoms with Crippen LogP contribution in [0.2, 0.25) is 0 Å². The molecule has 0 fully saturated rings. The van der Waals surface area contributed by atoms with E-state index in [9.17, 15) is 14.7 Å². The van der Waals surface area contributed by atoms with Crippen LogP contribution in [-0.2, 0) is 22.4 Å². The van der Waals surface area contributed by atoms with Crippen LogP contribution in [0.1, 0.15) is 36.9 Å². The lowest BCUT2D eigenvalue weighted by Crippen LogP contribution is -2.42. The number of aromatic nitrogens is 1. The van der Waals surface area contributed by atoms with E-state index in [1.807, 2.05) is 12.1 Å². The number of carboxylic acid groups (broad SMARTS) is 1. The number of aryl methyl sites for hydroxylation is 2. The minimum absolute atomic E-state index is 0.0967. The van der Waals surface area contributed by atoms with Crippen LogP contribution in [0.25, 0.3) is 0 Å². The van der Waals surface area contributed by atoms with Crippen molar-refractivity contribution >= 4 is 17.7 Å². The third-order valence-corrected chi connectivity index (χ3v) is 3.86. The Labute approximate surface area is 135 Å². The second kappa shape index (κ2) is 7.87. The molecule has 2 N–H and O–H groups in total. The molecule has 2 heterocycles. The summed E-state index contributed by atoms with van der Waals surface area (Å²) in [6.45, 7) is 4.07. The van der Waals surface area contributed by atoms with E-state index in [2.05, 4.69) is 11.6 Å². The van der Waals surface area contributed by atoms with Crippen LogP contribution in [-0.4, -0.2) is 39.7 Å². The molecule has 124 valence electrons. The number of carbonyl (C=O) groups excluding carboxylic acids is 1. The summed E-state index contributed by atoms with van der Waals surface area (Å²) in [7, 11) is 0. The lowest BCUT2D eigenvalue weighted by atomic mass is 10.0. The first kappa shape index (κ1) is 17.1. The van der Waals surface area contributed by atoms with Crippen molar-refractivity contribution in [2.24, 2.45) is 0 Å². The molecule has 1 aliphatic rings. The Morgan fingerprint density at radius 1 is 1.43 bits per heavy atom. The molecule has 0 saturated carbocycles. The van der Waals surface area contributed by atoms with Crippen LogP contribution in [0.3, 0.4) is 0 Å². The number of aliphatic hydroxyl groups is 1. The second-order valence-electron chi connectivity index (χ2n) is 5.67. The maximum Gasteiger partial charge on any atom is 0.303 e. The average molecular weight is 318 g/mol. The van der Waals surface area contributed by atoms with Crippen LogP contribution >= 0.6 is 0 Å². The van der Waals surface area contributed by atoms with E-state index < -0.39 is 12.1 Å². The molecule has 1 unspecified atom stereocenters. The number of rotatable bonds is 7. The van der Waals surface area contributed by atoms with E-state index >= 15 is 0 Å². The molecule has 6 nitrogen and oxygen atoms in total. The molecule has 1 atom stereocenters. The minimum atomic E-state index is -1.10. The van der Waals surface area contributed by atoms with E-state index in [4.69, 9.17) is 5.11 Å². The van der Waals surface area contributed by atoms with E-state index in [0.717, 1.165) is 24.1 Å². The van der Waals surface area contributed by atoms with Gasteiger partial charge in [0.15, 0.2) is 0 Å². The zero-order chi connectivity index (χ0) is 16.8. The monoisotopic (exact) mass is 318 g/mol. The fourth-order valence-corrected chi connectivity index (χ4v) is 2.69. The summed E-state index contributed by atoms with van der Waals surface area (Å²) in [6.07, 6.45) is 3.46. The van der Waals surface area contributed by atoms with Gasteiger partial charge in [0.25, 0.3) is 5.91 Å². The first-order valence-corrected chi connectivity index (χ1v) is 7.84. The molecule has 23 heavy (non-hydrogen) atoms. The van der Waals surface area contributed by atoms with E-state index in [-0.39, 0.29) is 18.7 Å². The Bertz CT molecular complexity index is 600. The number of hydrogen-bond acceptors (Lipinski definition) is 4. The third-order valence-electron chi connectivity index (χ3n) is 3.86. The molecular weight excluding hydrogens is 296 g/mol. The van der Waals surface area contributed by atoms with E-state index in [1.54, 1.807) is 0 Å². The molecule has 1 aromatic heterocycles. The summed E-state index contributed by atoms with van der Waals surface area (Å²) in [6, 6.07) is 3.83. The summed E-state index contributed by atoms with van der Waals surface area (Å²) >= 11 is 0. The highest BCUT2D eigenvalue weighted by Crippen LogP contribution is 2.26. The van der Waals surface area contributed by atoms with Gasteiger partial charge in [-0.05, 0) is 37.3 Å². The molecule has 0 radical (unpaired) electrons. The van der Waals surface area contributed by atoms with Gasteiger partial charge in [-0.1, -0.05) is 12.1 Å². The maximum atomic E-state index is 12.4. The normalized spacial score (nSPS) is 14.9. The van der Waals surface area contributed by atoms with Gasteiger partial charge >= 0.3 is 5.97 Å². The molecule has 1 aliphatic heterocycles. The fraction of sp³-hybridized carbons (Fsp3) is 0.471. The Morgan fingerprint density at radius 3 is 2.91 bits per heavy atom. The zero-order valence-electron chi connectivity index (χ0n) is 13.1. The van der Waals surface area contributed by atoms with Gasteiger partial charge in [0.05, 0.1) is 0 Å². The van der Waals surface area contributed by atoms with Crippen LogP contribution in [0.4, 0.5) is 5.82 Å². The van der Waals surface area contributed by atoms with Gasteiger partial charge in [0.2, 0.25) is 0 Å². The zero-order valence-corrected chi connectivity index (χ0v) is 13.1. The molecule has 1 amide bonds. The van der Waals surface area contributed by atoms with E-state index in [1.165, 1.54) is 11.0 Å². The average Bonchev–Trinajstić information content (AvgIpc) is 2.53. The van der Waals surface area contributed by atoms with Gasteiger partial charge in [-0.25, -0.2) is 4.98 Å². The smallest absolute Gasteiger partial charge is 0.303 e. The van der Waals surface area contributed by atoms with Gasteiger partial charge in [0.1, 0.15) is 11.9 Å². The van der Waals surface area contributed by atoms with Gasteiger partial charge in [-0.15, -0.1) is 6.58 Å². The minimum Gasteiger partial charge on any atom is -0.481 e. The van der Waals surface area contributed by atoms with E-state index in [0.29, 0.717) is 25.2 Å². The van der Waals surface area contributed by atoms with Crippen LogP contribution in [0, 0.1) is 0 Å². The van der Waals surface area contributed by atoms with Gasteiger partial charge < -0.3 is 10.2 Å². The standard InChI is InChI=1S/C17H22N2O4/c1-2-5-14(20)17(23)19-11-4-6-12-9-10-13(18-16(12)19)7-3-8-15(21)22/h2,9-10,14,20H,1,3-8,11H2,(H,21,22). The van der Waals surface area contributed by atoms with Crippen LogP contribution in [0.15, 0.2) is 24.8 Å². The van der Waals surface area contributed by atoms with Crippen molar-refractivity contribution in [2.75, 3.05) is 11.4 Å². The number of amides is 1. The highest BCUT2D eigenvalue weighted by Gasteiger charge is 2.28. The third kappa shape index (κ3) is 4.39. The SMILES string of the molecule is C=CCC(O)C(=O)N1CCCc2ccc(CCCC(=O)O)nc21. The first-order chi connectivity index (χ1) is 11.0. The largest absolute Gasteiger partial charge is 0.481 e. The van der Waals surface area contributed by atoms with Crippen molar-refractivity contribution < 1.29 is 19.8 Å².